The van der Waals surface area contributed by atoms with E-state index in [1.54, 1.807) is 7.11 Å². The third-order valence-electron chi connectivity index (χ3n) is 3.56. The largest absolute Gasteiger partial charge is 0.388 e. The van der Waals surface area contributed by atoms with Crippen LogP contribution in [0.4, 0.5) is 0 Å². The smallest absolute Gasteiger partial charge is 0.222 e. The fourth-order valence-corrected chi connectivity index (χ4v) is 2.30. The molecule has 4 heteroatoms. The zero-order valence-corrected chi connectivity index (χ0v) is 11.0. The first-order valence-corrected chi connectivity index (χ1v) is 6.56. The van der Waals surface area contributed by atoms with Crippen LogP contribution in [-0.2, 0) is 9.53 Å². The predicted octanol–water partition coefficient (Wildman–Crippen LogP) is 1.47. The van der Waals surface area contributed by atoms with Gasteiger partial charge in [0.15, 0.2) is 0 Å². The van der Waals surface area contributed by atoms with Crippen molar-refractivity contribution in [3.63, 3.8) is 0 Å². The summed E-state index contributed by atoms with van der Waals surface area (Å²) in [7, 11) is 1.67. The van der Waals surface area contributed by atoms with Crippen molar-refractivity contribution < 1.29 is 14.6 Å². The van der Waals surface area contributed by atoms with Gasteiger partial charge in [0, 0.05) is 26.2 Å². The number of ether oxygens (including phenoxy) is 1. The molecule has 1 amide bonds. The number of methoxy groups -OCH3 is 1. The summed E-state index contributed by atoms with van der Waals surface area (Å²) in [5.41, 5.74) is -0.651. The minimum absolute atomic E-state index is 0.00449. The molecule has 0 aromatic carbocycles. The van der Waals surface area contributed by atoms with Gasteiger partial charge in [0.2, 0.25) is 5.91 Å². The van der Waals surface area contributed by atoms with Gasteiger partial charge in [0.1, 0.15) is 0 Å². The van der Waals surface area contributed by atoms with Crippen LogP contribution >= 0.6 is 0 Å². The molecule has 2 N–H and O–H groups in total. The van der Waals surface area contributed by atoms with Crippen LogP contribution in [-0.4, -0.2) is 36.9 Å². The Labute approximate surface area is 104 Å². The maximum absolute atomic E-state index is 11.8. The second kappa shape index (κ2) is 6.97. The maximum atomic E-state index is 11.8. The topological polar surface area (TPSA) is 58.6 Å². The van der Waals surface area contributed by atoms with Crippen molar-refractivity contribution in [3.8, 4) is 0 Å². The number of hydrogen-bond donors (Lipinski definition) is 2. The van der Waals surface area contributed by atoms with Crippen LogP contribution in [0.15, 0.2) is 0 Å². The monoisotopic (exact) mass is 243 g/mol. The molecule has 100 valence electrons. The normalized spacial score (nSPS) is 20.2. The van der Waals surface area contributed by atoms with Crippen molar-refractivity contribution in [3.05, 3.63) is 0 Å². The van der Waals surface area contributed by atoms with E-state index in [9.17, 15) is 9.90 Å². The average molecular weight is 243 g/mol. The van der Waals surface area contributed by atoms with Crippen molar-refractivity contribution in [1.82, 2.24) is 5.32 Å². The first-order valence-electron chi connectivity index (χ1n) is 6.56. The summed E-state index contributed by atoms with van der Waals surface area (Å²) in [5.74, 6) is 0.0385. The van der Waals surface area contributed by atoms with Gasteiger partial charge in [0.25, 0.3) is 0 Å². The van der Waals surface area contributed by atoms with E-state index in [1.807, 2.05) is 6.92 Å². The molecule has 17 heavy (non-hydrogen) atoms. The van der Waals surface area contributed by atoms with Crippen LogP contribution in [0.3, 0.4) is 0 Å². The Bertz CT molecular complexity index is 237. The van der Waals surface area contributed by atoms with Crippen molar-refractivity contribution in [2.24, 2.45) is 5.92 Å². The number of rotatable bonds is 7. The number of carbonyl (C=O) groups excluding carboxylic acids is 1. The van der Waals surface area contributed by atoms with Gasteiger partial charge in [-0.3, -0.25) is 4.79 Å². The van der Waals surface area contributed by atoms with Gasteiger partial charge < -0.3 is 15.2 Å². The molecule has 0 radical (unpaired) electrons. The summed E-state index contributed by atoms with van der Waals surface area (Å²) in [6, 6.07) is 0. The van der Waals surface area contributed by atoms with Gasteiger partial charge in [-0.25, -0.2) is 0 Å². The fourth-order valence-electron chi connectivity index (χ4n) is 2.30. The van der Waals surface area contributed by atoms with E-state index in [0.29, 0.717) is 13.2 Å². The van der Waals surface area contributed by atoms with E-state index in [2.05, 4.69) is 5.32 Å². The lowest BCUT2D eigenvalue weighted by Crippen LogP contribution is -2.42. The number of amides is 1. The Morgan fingerprint density at radius 2 is 2.12 bits per heavy atom. The van der Waals surface area contributed by atoms with E-state index < -0.39 is 5.60 Å². The van der Waals surface area contributed by atoms with Gasteiger partial charge >= 0.3 is 0 Å². The highest BCUT2D eigenvalue weighted by Gasteiger charge is 2.31. The summed E-state index contributed by atoms with van der Waals surface area (Å²) >= 11 is 0. The van der Waals surface area contributed by atoms with Gasteiger partial charge in [-0.15, -0.1) is 0 Å². The second-order valence-corrected chi connectivity index (χ2v) is 5.19. The molecular weight excluding hydrogens is 218 g/mol. The van der Waals surface area contributed by atoms with Gasteiger partial charge in [-0.1, -0.05) is 19.8 Å². The van der Waals surface area contributed by atoms with Crippen molar-refractivity contribution in [1.29, 1.82) is 0 Å². The standard InChI is InChI=1S/C13H25NO3/c1-11(6-5-9-17-2)12(15)14-10-13(16)7-3-4-8-13/h11,16H,3-10H2,1-2H3,(H,14,15). The highest BCUT2D eigenvalue weighted by molar-refractivity contribution is 5.78. The van der Waals surface area contributed by atoms with Crippen LogP contribution in [0.25, 0.3) is 0 Å². The lowest BCUT2D eigenvalue weighted by atomic mass is 10.0. The molecule has 0 spiro atoms. The van der Waals surface area contributed by atoms with Crippen molar-refractivity contribution in [2.75, 3.05) is 20.3 Å². The maximum Gasteiger partial charge on any atom is 0.222 e. The van der Waals surface area contributed by atoms with Gasteiger partial charge in [0.05, 0.1) is 5.60 Å². The molecule has 1 atom stereocenters. The summed E-state index contributed by atoms with van der Waals surface area (Å²) in [6.45, 7) is 3.02. The Morgan fingerprint density at radius 3 is 2.71 bits per heavy atom. The van der Waals surface area contributed by atoms with E-state index in [1.165, 1.54) is 0 Å². The third-order valence-corrected chi connectivity index (χ3v) is 3.56. The molecule has 1 rings (SSSR count). The number of nitrogens with one attached hydrogen (secondary N) is 1. The van der Waals surface area contributed by atoms with Gasteiger partial charge in [-0.05, 0) is 25.7 Å². The van der Waals surface area contributed by atoms with Crippen molar-refractivity contribution >= 4 is 5.91 Å². The molecule has 1 unspecified atom stereocenters. The summed E-state index contributed by atoms with van der Waals surface area (Å²) < 4.78 is 4.96. The van der Waals surface area contributed by atoms with E-state index in [0.717, 1.165) is 38.5 Å². The number of hydrogen-bond acceptors (Lipinski definition) is 3. The molecule has 1 aliphatic rings. The molecule has 4 nitrogen and oxygen atoms in total. The Hall–Kier alpha value is -0.610. The summed E-state index contributed by atoms with van der Waals surface area (Å²) in [4.78, 5) is 11.8. The molecule has 0 aromatic heterocycles. The SMILES string of the molecule is COCCCC(C)C(=O)NCC1(O)CCCC1. The Kier molecular flexibility index (Phi) is 5.92. The lowest BCUT2D eigenvalue weighted by Gasteiger charge is -2.23. The molecule has 0 aromatic rings. The summed E-state index contributed by atoms with van der Waals surface area (Å²) in [6.07, 6.45) is 5.48. The fraction of sp³-hybridized carbons (Fsp3) is 0.923. The molecule has 0 heterocycles. The first-order chi connectivity index (χ1) is 8.07. The van der Waals surface area contributed by atoms with E-state index >= 15 is 0 Å². The van der Waals surface area contributed by atoms with Crippen LogP contribution < -0.4 is 5.32 Å². The highest BCUT2D eigenvalue weighted by Crippen LogP contribution is 2.28. The summed E-state index contributed by atoms with van der Waals surface area (Å²) in [5, 5.41) is 13.0. The van der Waals surface area contributed by atoms with Gasteiger partial charge in [-0.2, -0.15) is 0 Å². The van der Waals surface area contributed by atoms with Crippen molar-refractivity contribution in [2.45, 2.75) is 51.0 Å². The Balaban J connectivity index is 2.19. The van der Waals surface area contributed by atoms with Crippen LogP contribution in [0, 0.1) is 5.92 Å². The molecular formula is C13H25NO3. The zero-order valence-electron chi connectivity index (χ0n) is 11.0. The van der Waals surface area contributed by atoms with E-state index in [-0.39, 0.29) is 11.8 Å². The Morgan fingerprint density at radius 1 is 1.47 bits per heavy atom. The zero-order chi connectivity index (χ0) is 12.7. The highest BCUT2D eigenvalue weighted by atomic mass is 16.5. The van der Waals surface area contributed by atoms with Crippen LogP contribution in [0.5, 0.6) is 0 Å². The minimum Gasteiger partial charge on any atom is -0.388 e. The van der Waals surface area contributed by atoms with E-state index in [4.69, 9.17) is 4.74 Å². The predicted molar refractivity (Wildman–Crippen MR) is 66.7 cm³/mol. The minimum atomic E-state index is -0.651. The molecule has 0 aliphatic heterocycles. The molecule has 0 bridgehead atoms. The van der Waals surface area contributed by atoms with Crippen LogP contribution in [0.2, 0.25) is 0 Å². The third kappa shape index (κ3) is 5.04. The molecule has 0 saturated heterocycles. The molecule has 1 aliphatic carbocycles. The number of aliphatic hydroxyl groups is 1. The quantitative estimate of drug-likeness (QED) is 0.666. The lowest BCUT2D eigenvalue weighted by molar-refractivity contribution is -0.126. The first kappa shape index (κ1) is 14.5. The average Bonchev–Trinajstić information content (AvgIpc) is 2.74. The van der Waals surface area contributed by atoms with Crippen LogP contribution in [0.1, 0.15) is 45.4 Å². The number of carbonyl (C=O) groups is 1. The second-order valence-electron chi connectivity index (χ2n) is 5.19. The molecule has 1 fully saturated rings. The molecule has 1 saturated carbocycles.